The first-order chi connectivity index (χ1) is 12.5. The molecule has 2 heterocycles. The molecule has 0 radical (unpaired) electrons. The van der Waals surface area contributed by atoms with E-state index >= 15 is 0 Å². The van der Waals surface area contributed by atoms with E-state index < -0.39 is 5.97 Å². The van der Waals surface area contributed by atoms with Crippen molar-refractivity contribution in [1.82, 2.24) is 4.90 Å². The van der Waals surface area contributed by atoms with Crippen molar-refractivity contribution in [3.05, 3.63) is 46.7 Å². The van der Waals surface area contributed by atoms with Crippen molar-refractivity contribution in [2.75, 3.05) is 27.4 Å². The summed E-state index contributed by atoms with van der Waals surface area (Å²) in [5.41, 5.74) is 2.07. The Hall–Kier alpha value is -2.60. The van der Waals surface area contributed by atoms with E-state index in [-0.39, 0.29) is 12.0 Å². The fraction of sp³-hybridized carbons (Fsp3) is 0.400. The van der Waals surface area contributed by atoms with Crippen LogP contribution in [0.2, 0.25) is 0 Å². The predicted octanol–water partition coefficient (Wildman–Crippen LogP) is 2.55. The molecule has 1 aromatic rings. The third-order valence-electron chi connectivity index (χ3n) is 4.74. The van der Waals surface area contributed by atoms with Crippen LogP contribution in [-0.2, 0) is 19.1 Å². The van der Waals surface area contributed by atoms with E-state index in [9.17, 15) is 9.59 Å². The highest BCUT2D eigenvalue weighted by molar-refractivity contribution is 6.16. The van der Waals surface area contributed by atoms with Gasteiger partial charge in [0.15, 0.2) is 0 Å². The largest absolute Gasteiger partial charge is 0.497 e. The van der Waals surface area contributed by atoms with Crippen molar-refractivity contribution < 1.29 is 23.8 Å². The number of amides is 1. The third-order valence-corrected chi connectivity index (χ3v) is 4.74. The summed E-state index contributed by atoms with van der Waals surface area (Å²) >= 11 is 0. The number of rotatable bonds is 5. The van der Waals surface area contributed by atoms with Gasteiger partial charge >= 0.3 is 5.97 Å². The zero-order valence-electron chi connectivity index (χ0n) is 15.3. The van der Waals surface area contributed by atoms with Gasteiger partial charge in [0, 0.05) is 12.3 Å². The van der Waals surface area contributed by atoms with Gasteiger partial charge in [-0.05, 0) is 43.5 Å². The second-order valence-corrected chi connectivity index (χ2v) is 6.33. The lowest BCUT2D eigenvalue weighted by molar-refractivity contribution is -0.136. The second kappa shape index (κ2) is 7.74. The van der Waals surface area contributed by atoms with E-state index in [1.54, 1.807) is 25.0 Å². The van der Waals surface area contributed by atoms with Crippen LogP contribution in [0.3, 0.4) is 0 Å². The van der Waals surface area contributed by atoms with Gasteiger partial charge in [0.05, 0.1) is 38.0 Å². The minimum absolute atomic E-state index is 0.00753. The molecule has 1 atom stereocenters. The highest BCUT2D eigenvalue weighted by Crippen LogP contribution is 2.33. The van der Waals surface area contributed by atoms with Gasteiger partial charge in [-0.1, -0.05) is 12.1 Å². The fourth-order valence-corrected chi connectivity index (χ4v) is 3.31. The Bertz CT molecular complexity index is 757. The third kappa shape index (κ3) is 3.51. The average molecular weight is 357 g/mol. The van der Waals surface area contributed by atoms with Crippen molar-refractivity contribution in [2.24, 2.45) is 0 Å². The predicted molar refractivity (Wildman–Crippen MR) is 96.4 cm³/mol. The molecule has 0 aliphatic carbocycles. The van der Waals surface area contributed by atoms with E-state index in [0.29, 0.717) is 30.0 Å². The Balaban J connectivity index is 1.94. The number of ether oxygens (including phenoxy) is 3. The number of esters is 1. The Kier molecular flexibility index (Phi) is 5.42. The minimum Gasteiger partial charge on any atom is -0.497 e. The molecule has 1 saturated heterocycles. The molecule has 2 aliphatic rings. The SMILES string of the molecule is COC(=O)C1=C(C)N(C[C@H]2CCCO2)C(=O)/C1=C\c1ccc(OC)cc1. The molecule has 1 amide bonds. The molecule has 2 aliphatic heterocycles. The molecule has 0 unspecified atom stereocenters. The van der Waals surface area contributed by atoms with Gasteiger partial charge in [0.2, 0.25) is 0 Å². The molecule has 0 aromatic heterocycles. The van der Waals surface area contributed by atoms with E-state index in [2.05, 4.69) is 0 Å². The molecule has 6 heteroatoms. The highest BCUT2D eigenvalue weighted by atomic mass is 16.5. The molecular formula is C20H23NO5. The molecule has 0 saturated carbocycles. The summed E-state index contributed by atoms with van der Waals surface area (Å²) in [6, 6.07) is 7.30. The monoisotopic (exact) mass is 357 g/mol. The number of nitrogens with zero attached hydrogens (tertiary/aromatic N) is 1. The maximum atomic E-state index is 13.0. The van der Waals surface area contributed by atoms with Crippen molar-refractivity contribution >= 4 is 18.0 Å². The van der Waals surface area contributed by atoms with Crippen LogP contribution in [0.25, 0.3) is 6.08 Å². The maximum absolute atomic E-state index is 13.0. The first-order valence-corrected chi connectivity index (χ1v) is 8.64. The van der Waals surface area contributed by atoms with E-state index in [1.807, 2.05) is 24.3 Å². The average Bonchev–Trinajstić information content (AvgIpc) is 3.25. The summed E-state index contributed by atoms with van der Waals surface area (Å²) < 4.78 is 15.7. The van der Waals surface area contributed by atoms with Crippen LogP contribution in [-0.4, -0.2) is 50.3 Å². The molecule has 0 bridgehead atoms. The van der Waals surface area contributed by atoms with Crippen molar-refractivity contribution in [3.63, 3.8) is 0 Å². The van der Waals surface area contributed by atoms with Crippen LogP contribution in [0.15, 0.2) is 41.1 Å². The first kappa shape index (κ1) is 18.2. The Labute approximate surface area is 153 Å². The smallest absolute Gasteiger partial charge is 0.340 e. The maximum Gasteiger partial charge on any atom is 0.340 e. The van der Waals surface area contributed by atoms with Crippen LogP contribution < -0.4 is 4.74 Å². The lowest BCUT2D eigenvalue weighted by Crippen LogP contribution is -2.33. The summed E-state index contributed by atoms with van der Waals surface area (Å²) in [7, 11) is 2.92. The van der Waals surface area contributed by atoms with Crippen LogP contribution >= 0.6 is 0 Å². The number of hydrogen-bond donors (Lipinski definition) is 0. The van der Waals surface area contributed by atoms with E-state index in [4.69, 9.17) is 14.2 Å². The zero-order chi connectivity index (χ0) is 18.7. The van der Waals surface area contributed by atoms with Gasteiger partial charge in [0.25, 0.3) is 5.91 Å². The van der Waals surface area contributed by atoms with Gasteiger partial charge < -0.3 is 19.1 Å². The Morgan fingerprint density at radius 1 is 1.31 bits per heavy atom. The second-order valence-electron chi connectivity index (χ2n) is 6.33. The highest BCUT2D eigenvalue weighted by Gasteiger charge is 2.38. The van der Waals surface area contributed by atoms with Crippen LogP contribution in [0.1, 0.15) is 25.3 Å². The standard InChI is InChI=1S/C20H23NO5/c1-13-18(20(23)25-3)17(11-14-6-8-15(24-2)9-7-14)19(22)21(13)12-16-5-4-10-26-16/h6-9,11,16H,4-5,10,12H2,1-3H3/b17-11-/t16-/m1/s1. The van der Waals surface area contributed by atoms with Gasteiger partial charge in [-0.2, -0.15) is 0 Å². The lowest BCUT2D eigenvalue weighted by Gasteiger charge is -2.21. The number of hydrogen-bond acceptors (Lipinski definition) is 5. The molecule has 3 rings (SSSR count). The number of benzene rings is 1. The summed E-state index contributed by atoms with van der Waals surface area (Å²) in [5.74, 6) is 0.0180. The molecule has 6 nitrogen and oxygen atoms in total. The molecule has 26 heavy (non-hydrogen) atoms. The summed E-state index contributed by atoms with van der Waals surface area (Å²) in [4.78, 5) is 26.9. The van der Waals surface area contributed by atoms with Gasteiger partial charge in [-0.3, -0.25) is 4.79 Å². The number of methoxy groups -OCH3 is 2. The molecular weight excluding hydrogens is 334 g/mol. The normalized spacial score (nSPS) is 21.7. The summed E-state index contributed by atoms with van der Waals surface area (Å²) in [6.45, 7) is 2.94. The lowest BCUT2D eigenvalue weighted by atomic mass is 10.0. The molecule has 1 fully saturated rings. The molecule has 1 aromatic carbocycles. The van der Waals surface area contributed by atoms with Gasteiger partial charge in [-0.25, -0.2) is 4.79 Å². The first-order valence-electron chi connectivity index (χ1n) is 8.64. The molecule has 0 N–H and O–H groups in total. The summed E-state index contributed by atoms with van der Waals surface area (Å²) in [5, 5.41) is 0. The Morgan fingerprint density at radius 3 is 2.62 bits per heavy atom. The number of carbonyl (C=O) groups is 2. The molecule has 0 spiro atoms. The van der Waals surface area contributed by atoms with Crippen molar-refractivity contribution in [1.29, 1.82) is 0 Å². The number of allylic oxidation sites excluding steroid dienone is 1. The van der Waals surface area contributed by atoms with E-state index in [0.717, 1.165) is 24.2 Å². The quantitative estimate of drug-likeness (QED) is 0.599. The van der Waals surface area contributed by atoms with Crippen molar-refractivity contribution in [3.8, 4) is 5.75 Å². The topological polar surface area (TPSA) is 65.1 Å². The number of carbonyl (C=O) groups excluding carboxylic acids is 2. The van der Waals surface area contributed by atoms with Crippen LogP contribution in [0, 0.1) is 0 Å². The minimum atomic E-state index is -0.509. The summed E-state index contributed by atoms with van der Waals surface area (Å²) in [6.07, 6.45) is 3.64. The van der Waals surface area contributed by atoms with Gasteiger partial charge in [-0.15, -0.1) is 0 Å². The van der Waals surface area contributed by atoms with Crippen LogP contribution in [0.5, 0.6) is 5.75 Å². The zero-order valence-corrected chi connectivity index (χ0v) is 15.3. The van der Waals surface area contributed by atoms with Gasteiger partial charge in [0.1, 0.15) is 5.75 Å². The Morgan fingerprint density at radius 2 is 2.04 bits per heavy atom. The fourth-order valence-electron chi connectivity index (χ4n) is 3.31. The van der Waals surface area contributed by atoms with E-state index in [1.165, 1.54) is 7.11 Å². The molecule has 138 valence electrons. The van der Waals surface area contributed by atoms with Crippen molar-refractivity contribution in [2.45, 2.75) is 25.9 Å². The van der Waals surface area contributed by atoms with Crippen LogP contribution in [0.4, 0.5) is 0 Å².